The standard InChI is InChI=1S/C14H16N6O2S/c1-18(2)11-6-3-9(7-12(11)20(21)22)8-15-19-13(10-4-5-10)16-17-14(19)23/h3,6-8,10H,4-5H2,1-2H3,(H,17,23)/b15-8-. The third-order valence-electron chi connectivity index (χ3n) is 3.62. The van der Waals surface area contributed by atoms with Crippen molar-refractivity contribution in [1.82, 2.24) is 14.9 Å². The largest absolute Gasteiger partial charge is 0.372 e. The molecular weight excluding hydrogens is 316 g/mol. The Morgan fingerprint density at radius 2 is 2.26 bits per heavy atom. The third-order valence-corrected chi connectivity index (χ3v) is 3.88. The van der Waals surface area contributed by atoms with Gasteiger partial charge in [0.05, 0.1) is 11.1 Å². The minimum Gasteiger partial charge on any atom is -0.372 e. The number of aromatic amines is 1. The van der Waals surface area contributed by atoms with Crippen molar-refractivity contribution >= 4 is 29.8 Å². The van der Waals surface area contributed by atoms with Crippen LogP contribution in [-0.4, -0.2) is 40.1 Å². The highest BCUT2D eigenvalue weighted by molar-refractivity contribution is 7.71. The molecule has 8 nitrogen and oxygen atoms in total. The van der Waals surface area contributed by atoms with Gasteiger partial charge >= 0.3 is 0 Å². The topological polar surface area (TPSA) is 92.3 Å². The Balaban J connectivity index is 1.94. The van der Waals surface area contributed by atoms with E-state index in [0.29, 0.717) is 21.9 Å². The van der Waals surface area contributed by atoms with E-state index in [4.69, 9.17) is 12.2 Å². The van der Waals surface area contributed by atoms with Crippen molar-refractivity contribution in [2.75, 3.05) is 19.0 Å². The maximum absolute atomic E-state index is 11.2. The molecule has 23 heavy (non-hydrogen) atoms. The average molecular weight is 332 g/mol. The Morgan fingerprint density at radius 3 is 2.87 bits per heavy atom. The number of rotatable bonds is 5. The summed E-state index contributed by atoms with van der Waals surface area (Å²) in [6, 6.07) is 4.99. The lowest BCUT2D eigenvalue weighted by Gasteiger charge is -2.12. The molecule has 1 saturated carbocycles. The summed E-state index contributed by atoms with van der Waals surface area (Å²) in [7, 11) is 3.53. The monoisotopic (exact) mass is 332 g/mol. The molecule has 1 aromatic heterocycles. The fourth-order valence-corrected chi connectivity index (χ4v) is 2.48. The zero-order valence-electron chi connectivity index (χ0n) is 12.8. The summed E-state index contributed by atoms with van der Waals surface area (Å²) in [5.74, 6) is 1.20. The second-order valence-corrected chi connectivity index (χ2v) is 6.00. The molecule has 1 N–H and O–H groups in total. The van der Waals surface area contributed by atoms with Crippen LogP contribution in [0.15, 0.2) is 23.3 Å². The normalized spacial score (nSPS) is 14.3. The number of nitrogens with one attached hydrogen (secondary N) is 1. The van der Waals surface area contributed by atoms with Gasteiger partial charge in [-0.05, 0) is 31.1 Å². The molecule has 0 unspecified atom stereocenters. The number of hydrogen-bond acceptors (Lipinski definition) is 6. The van der Waals surface area contributed by atoms with Gasteiger partial charge in [-0.3, -0.25) is 15.2 Å². The fraction of sp³-hybridized carbons (Fsp3) is 0.357. The van der Waals surface area contributed by atoms with Crippen LogP contribution in [0.3, 0.4) is 0 Å². The molecule has 0 spiro atoms. The van der Waals surface area contributed by atoms with Crippen molar-refractivity contribution in [3.05, 3.63) is 44.5 Å². The molecule has 1 fully saturated rings. The summed E-state index contributed by atoms with van der Waals surface area (Å²) in [5.41, 5.74) is 1.22. The number of H-pyrrole nitrogens is 1. The lowest BCUT2D eigenvalue weighted by Crippen LogP contribution is -2.11. The Hall–Kier alpha value is -2.55. The smallest absolute Gasteiger partial charge is 0.293 e. The maximum atomic E-state index is 11.2. The average Bonchev–Trinajstić information content (AvgIpc) is 3.28. The molecule has 0 saturated heterocycles. The Bertz CT molecular complexity index is 834. The van der Waals surface area contributed by atoms with E-state index in [1.165, 1.54) is 6.07 Å². The molecule has 0 bridgehead atoms. The first-order valence-corrected chi connectivity index (χ1v) is 7.55. The predicted molar refractivity (Wildman–Crippen MR) is 89.8 cm³/mol. The van der Waals surface area contributed by atoms with Crippen LogP contribution in [0.5, 0.6) is 0 Å². The first kappa shape index (κ1) is 15.3. The van der Waals surface area contributed by atoms with Gasteiger partial charge in [0.25, 0.3) is 5.69 Å². The van der Waals surface area contributed by atoms with E-state index in [0.717, 1.165) is 18.7 Å². The number of benzene rings is 1. The van der Waals surface area contributed by atoms with Gasteiger partial charge in [0.15, 0.2) is 5.82 Å². The highest BCUT2D eigenvalue weighted by Gasteiger charge is 2.29. The first-order chi connectivity index (χ1) is 11.0. The summed E-state index contributed by atoms with van der Waals surface area (Å²) in [5, 5.41) is 22.5. The highest BCUT2D eigenvalue weighted by atomic mass is 32.1. The Labute approximate surface area is 137 Å². The number of nitro benzene ring substituents is 1. The van der Waals surface area contributed by atoms with Gasteiger partial charge < -0.3 is 4.90 Å². The molecule has 2 aromatic rings. The Morgan fingerprint density at radius 1 is 1.52 bits per heavy atom. The van der Waals surface area contributed by atoms with Gasteiger partial charge in [-0.25, -0.2) is 0 Å². The summed E-state index contributed by atoms with van der Waals surface area (Å²) in [6.45, 7) is 0. The molecule has 9 heteroatoms. The van der Waals surface area contributed by atoms with Crippen molar-refractivity contribution in [3.8, 4) is 0 Å². The predicted octanol–water partition coefficient (Wildman–Crippen LogP) is 2.67. The minimum atomic E-state index is -0.397. The molecule has 0 radical (unpaired) electrons. The molecule has 1 aliphatic rings. The van der Waals surface area contributed by atoms with Gasteiger partial charge in [-0.2, -0.15) is 14.9 Å². The van der Waals surface area contributed by atoms with Crippen molar-refractivity contribution in [1.29, 1.82) is 0 Å². The van der Waals surface area contributed by atoms with Crippen molar-refractivity contribution < 1.29 is 4.92 Å². The highest BCUT2D eigenvalue weighted by Crippen LogP contribution is 2.38. The van der Waals surface area contributed by atoms with Crippen LogP contribution < -0.4 is 4.90 Å². The molecule has 1 aliphatic carbocycles. The lowest BCUT2D eigenvalue weighted by molar-refractivity contribution is -0.384. The van der Waals surface area contributed by atoms with Crippen LogP contribution in [0.2, 0.25) is 0 Å². The van der Waals surface area contributed by atoms with Crippen LogP contribution in [0.25, 0.3) is 0 Å². The third kappa shape index (κ3) is 3.14. The van der Waals surface area contributed by atoms with E-state index in [9.17, 15) is 10.1 Å². The van der Waals surface area contributed by atoms with E-state index < -0.39 is 4.92 Å². The minimum absolute atomic E-state index is 0.0390. The molecule has 0 amide bonds. The number of nitrogens with zero attached hydrogens (tertiary/aromatic N) is 5. The maximum Gasteiger partial charge on any atom is 0.293 e. The first-order valence-electron chi connectivity index (χ1n) is 7.15. The Kier molecular flexibility index (Phi) is 3.95. The summed E-state index contributed by atoms with van der Waals surface area (Å²) in [4.78, 5) is 12.5. The van der Waals surface area contributed by atoms with Gasteiger partial charge in [-0.1, -0.05) is 6.07 Å². The number of anilines is 1. The van der Waals surface area contributed by atoms with Gasteiger partial charge in [0.1, 0.15) is 5.69 Å². The lowest BCUT2D eigenvalue weighted by atomic mass is 10.2. The van der Waals surface area contributed by atoms with Crippen LogP contribution >= 0.6 is 12.2 Å². The van der Waals surface area contributed by atoms with E-state index >= 15 is 0 Å². The zero-order chi connectivity index (χ0) is 16.6. The molecule has 3 rings (SSSR count). The van der Waals surface area contributed by atoms with Gasteiger partial charge in [-0.15, -0.1) is 0 Å². The number of aromatic nitrogens is 3. The quantitative estimate of drug-likeness (QED) is 0.393. The molecule has 0 aliphatic heterocycles. The molecule has 0 atom stereocenters. The van der Waals surface area contributed by atoms with Gasteiger partial charge in [0.2, 0.25) is 4.77 Å². The van der Waals surface area contributed by atoms with Crippen LogP contribution in [0.1, 0.15) is 30.1 Å². The number of nitro groups is 1. The van der Waals surface area contributed by atoms with Crippen molar-refractivity contribution in [2.24, 2.45) is 5.10 Å². The van der Waals surface area contributed by atoms with E-state index in [-0.39, 0.29) is 5.69 Å². The van der Waals surface area contributed by atoms with E-state index in [1.807, 2.05) is 0 Å². The number of hydrogen-bond donors (Lipinski definition) is 1. The SMILES string of the molecule is CN(C)c1ccc(/C=N\n2c(C3CC3)n[nH]c2=S)cc1[N+](=O)[O-]. The molecule has 1 heterocycles. The molecule has 1 aromatic carbocycles. The second kappa shape index (κ2) is 5.92. The molecule has 120 valence electrons. The fourth-order valence-electron chi connectivity index (χ4n) is 2.29. The van der Waals surface area contributed by atoms with Crippen LogP contribution in [-0.2, 0) is 0 Å². The van der Waals surface area contributed by atoms with Crippen molar-refractivity contribution in [3.63, 3.8) is 0 Å². The van der Waals surface area contributed by atoms with Crippen LogP contribution in [0.4, 0.5) is 11.4 Å². The van der Waals surface area contributed by atoms with Crippen molar-refractivity contribution in [2.45, 2.75) is 18.8 Å². The summed E-state index contributed by atoms with van der Waals surface area (Å²) < 4.78 is 2.00. The van der Waals surface area contributed by atoms with Gasteiger partial charge in [0, 0.05) is 31.6 Å². The second-order valence-electron chi connectivity index (χ2n) is 5.62. The summed E-state index contributed by atoms with van der Waals surface area (Å²) in [6.07, 6.45) is 3.72. The zero-order valence-corrected chi connectivity index (χ0v) is 13.6. The van der Waals surface area contributed by atoms with Crippen LogP contribution in [0, 0.1) is 14.9 Å². The summed E-state index contributed by atoms with van der Waals surface area (Å²) >= 11 is 5.17. The van der Waals surface area contributed by atoms with E-state index in [2.05, 4.69) is 15.3 Å². The van der Waals surface area contributed by atoms with E-state index in [1.54, 1.807) is 42.0 Å². The molecular formula is C14H16N6O2S.